The van der Waals surface area contributed by atoms with E-state index in [1.54, 1.807) is 30.0 Å². The molecular formula is C21H20N5O3S-. The molecule has 0 spiro atoms. The number of methoxy groups -OCH3 is 1. The van der Waals surface area contributed by atoms with Gasteiger partial charge >= 0.3 is 0 Å². The van der Waals surface area contributed by atoms with Crippen molar-refractivity contribution in [2.75, 3.05) is 17.1 Å². The number of imidazole rings is 1. The molecule has 1 unspecified atom stereocenters. The van der Waals surface area contributed by atoms with Crippen molar-refractivity contribution < 1.29 is 13.5 Å². The molecule has 0 amide bonds. The minimum atomic E-state index is -2.33. The lowest BCUT2D eigenvalue weighted by Gasteiger charge is -2.10. The molecule has 154 valence electrons. The van der Waals surface area contributed by atoms with Gasteiger partial charge in [-0.3, -0.25) is 4.21 Å². The SMILES string of the molecule is COc1ccc(-c2cnc3ccc(NCc4ccc(NS(=O)[O-])cc4)nn23)cc1C. The average Bonchev–Trinajstić information content (AvgIpc) is 3.16. The minimum absolute atomic E-state index is 0.518. The van der Waals surface area contributed by atoms with E-state index < -0.39 is 11.3 Å². The number of ether oxygens (including phenoxy) is 1. The third-order valence-electron chi connectivity index (χ3n) is 4.68. The molecule has 1 atom stereocenters. The zero-order valence-corrected chi connectivity index (χ0v) is 17.3. The molecule has 4 aromatic rings. The van der Waals surface area contributed by atoms with Crippen LogP contribution in [0.2, 0.25) is 0 Å². The number of hydrogen-bond donors (Lipinski definition) is 2. The number of benzene rings is 2. The number of aryl methyl sites for hydroxylation is 1. The molecule has 0 saturated carbocycles. The first-order valence-electron chi connectivity index (χ1n) is 9.22. The summed E-state index contributed by atoms with van der Waals surface area (Å²) in [4.78, 5) is 4.44. The molecule has 0 aliphatic heterocycles. The van der Waals surface area contributed by atoms with Crippen molar-refractivity contribution in [1.82, 2.24) is 14.6 Å². The predicted octanol–water partition coefficient (Wildman–Crippen LogP) is 3.53. The van der Waals surface area contributed by atoms with Crippen LogP contribution in [-0.2, 0) is 17.8 Å². The topological polar surface area (TPSA) is 104 Å². The highest BCUT2D eigenvalue weighted by Gasteiger charge is 2.10. The van der Waals surface area contributed by atoms with E-state index >= 15 is 0 Å². The Kier molecular flexibility index (Phi) is 5.64. The molecule has 2 aromatic carbocycles. The van der Waals surface area contributed by atoms with Gasteiger partial charge in [-0.05, 0) is 60.5 Å². The fourth-order valence-electron chi connectivity index (χ4n) is 3.18. The zero-order chi connectivity index (χ0) is 21.1. The van der Waals surface area contributed by atoms with E-state index in [0.717, 1.165) is 33.8 Å². The maximum Gasteiger partial charge on any atom is 0.154 e. The summed E-state index contributed by atoms with van der Waals surface area (Å²) in [6.45, 7) is 2.55. The number of aromatic nitrogens is 3. The fourth-order valence-corrected chi connectivity index (χ4v) is 3.51. The second kappa shape index (κ2) is 8.52. The van der Waals surface area contributed by atoms with Crippen molar-refractivity contribution in [3.63, 3.8) is 0 Å². The maximum atomic E-state index is 10.7. The van der Waals surface area contributed by atoms with Crippen molar-refractivity contribution in [1.29, 1.82) is 0 Å². The molecule has 0 aliphatic rings. The van der Waals surface area contributed by atoms with Crippen molar-refractivity contribution >= 4 is 28.4 Å². The lowest BCUT2D eigenvalue weighted by molar-refractivity contribution is 0.412. The lowest BCUT2D eigenvalue weighted by Crippen LogP contribution is -2.05. The van der Waals surface area contributed by atoms with Crippen LogP contribution < -0.4 is 14.8 Å². The van der Waals surface area contributed by atoms with Crippen molar-refractivity contribution in [2.45, 2.75) is 13.5 Å². The fraction of sp³-hybridized carbons (Fsp3) is 0.143. The highest BCUT2D eigenvalue weighted by atomic mass is 32.2. The van der Waals surface area contributed by atoms with Crippen LogP contribution in [0.15, 0.2) is 60.8 Å². The molecule has 0 bridgehead atoms. The summed E-state index contributed by atoms with van der Waals surface area (Å²) < 4.78 is 30.8. The summed E-state index contributed by atoms with van der Waals surface area (Å²) in [6, 6.07) is 16.9. The second-order valence-electron chi connectivity index (χ2n) is 6.70. The molecule has 2 aromatic heterocycles. The van der Waals surface area contributed by atoms with Gasteiger partial charge in [0.15, 0.2) is 5.65 Å². The number of hydrogen-bond acceptors (Lipinski definition) is 6. The van der Waals surface area contributed by atoms with Gasteiger partial charge in [-0.1, -0.05) is 12.1 Å². The second-order valence-corrected chi connectivity index (χ2v) is 7.38. The Morgan fingerprint density at radius 2 is 1.93 bits per heavy atom. The van der Waals surface area contributed by atoms with E-state index in [0.29, 0.717) is 18.1 Å². The molecule has 2 N–H and O–H groups in total. The zero-order valence-electron chi connectivity index (χ0n) is 16.5. The van der Waals surface area contributed by atoms with Crippen LogP contribution in [0.4, 0.5) is 11.5 Å². The molecule has 0 fully saturated rings. The van der Waals surface area contributed by atoms with Gasteiger partial charge in [0.1, 0.15) is 11.6 Å². The summed E-state index contributed by atoms with van der Waals surface area (Å²) in [5.74, 6) is 1.54. The van der Waals surface area contributed by atoms with E-state index in [1.165, 1.54) is 0 Å². The Balaban J connectivity index is 1.54. The minimum Gasteiger partial charge on any atom is -0.755 e. The predicted molar refractivity (Wildman–Crippen MR) is 116 cm³/mol. The molecule has 2 heterocycles. The third-order valence-corrected chi connectivity index (χ3v) is 5.08. The van der Waals surface area contributed by atoms with Gasteiger partial charge in [0, 0.05) is 29.1 Å². The smallest absolute Gasteiger partial charge is 0.154 e. The van der Waals surface area contributed by atoms with Gasteiger partial charge in [-0.15, -0.1) is 5.10 Å². The van der Waals surface area contributed by atoms with Crippen LogP contribution in [0.1, 0.15) is 11.1 Å². The van der Waals surface area contributed by atoms with E-state index in [2.05, 4.69) is 26.2 Å². The summed E-state index contributed by atoms with van der Waals surface area (Å²) in [7, 11) is 1.66. The number of nitrogens with one attached hydrogen (secondary N) is 2. The monoisotopic (exact) mass is 422 g/mol. The number of nitrogens with zero attached hydrogens (tertiary/aromatic N) is 3. The third kappa shape index (κ3) is 4.27. The van der Waals surface area contributed by atoms with Gasteiger partial charge in [-0.2, -0.15) is 0 Å². The summed E-state index contributed by atoms with van der Waals surface area (Å²) in [5, 5.41) is 7.96. The number of anilines is 2. The maximum absolute atomic E-state index is 10.7. The van der Waals surface area contributed by atoms with Crippen LogP contribution in [0.3, 0.4) is 0 Å². The van der Waals surface area contributed by atoms with Gasteiger partial charge < -0.3 is 19.3 Å². The van der Waals surface area contributed by atoms with Crippen LogP contribution in [-0.4, -0.2) is 30.5 Å². The number of rotatable bonds is 7. The summed E-state index contributed by atoms with van der Waals surface area (Å²) in [6.07, 6.45) is 1.80. The summed E-state index contributed by atoms with van der Waals surface area (Å²) in [5.41, 5.74) is 5.20. The Morgan fingerprint density at radius 3 is 2.63 bits per heavy atom. The largest absolute Gasteiger partial charge is 0.755 e. The molecule has 30 heavy (non-hydrogen) atoms. The molecule has 8 nitrogen and oxygen atoms in total. The van der Waals surface area contributed by atoms with Crippen LogP contribution in [0, 0.1) is 6.92 Å². The Hall–Kier alpha value is -3.43. The van der Waals surface area contributed by atoms with E-state index in [1.807, 2.05) is 43.3 Å². The van der Waals surface area contributed by atoms with Gasteiger partial charge in [0.2, 0.25) is 0 Å². The Labute approximate surface area is 176 Å². The quantitative estimate of drug-likeness (QED) is 0.442. The van der Waals surface area contributed by atoms with Crippen LogP contribution >= 0.6 is 0 Å². The van der Waals surface area contributed by atoms with Crippen molar-refractivity contribution in [3.05, 3.63) is 71.9 Å². The van der Waals surface area contributed by atoms with E-state index in [9.17, 15) is 8.76 Å². The van der Waals surface area contributed by atoms with Crippen LogP contribution in [0.25, 0.3) is 16.9 Å². The standard InChI is InChI=1S/C21H21N5O3S/c1-14-11-16(5-8-19(14)29-2)18-13-23-21-10-9-20(24-26(18)21)22-12-15-3-6-17(7-4-15)25-30(27)28/h3-11,13,25H,12H2,1-2H3,(H,22,24)(H,27,28)/p-1. The molecule has 0 aliphatic carbocycles. The van der Waals surface area contributed by atoms with Crippen LogP contribution in [0.5, 0.6) is 5.75 Å². The first-order chi connectivity index (χ1) is 14.5. The van der Waals surface area contributed by atoms with Gasteiger partial charge in [0.25, 0.3) is 0 Å². The van der Waals surface area contributed by atoms with Crippen molar-refractivity contribution in [3.8, 4) is 17.0 Å². The molecule has 0 saturated heterocycles. The summed E-state index contributed by atoms with van der Waals surface area (Å²) >= 11 is -2.33. The number of fused-ring (bicyclic) bond motifs is 1. The molecular weight excluding hydrogens is 402 g/mol. The van der Waals surface area contributed by atoms with Crippen molar-refractivity contribution in [2.24, 2.45) is 0 Å². The molecule has 4 rings (SSSR count). The normalized spacial score (nSPS) is 12.0. The first-order valence-corrected chi connectivity index (χ1v) is 10.3. The van der Waals surface area contributed by atoms with Gasteiger partial charge in [-0.25, -0.2) is 9.50 Å². The van der Waals surface area contributed by atoms with E-state index in [4.69, 9.17) is 4.74 Å². The Morgan fingerprint density at radius 1 is 1.13 bits per heavy atom. The highest BCUT2D eigenvalue weighted by Crippen LogP contribution is 2.26. The Bertz CT molecular complexity index is 1210. The van der Waals surface area contributed by atoms with Gasteiger partial charge in [0.05, 0.1) is 19.0 Å². The first kappa shape index (κ1) is 19.9. The van der Waals surface area contributed by atoms with E-state index in [-0.39, 0.29) is 0 Å². The molecule has 9 heteroatoms. The highest BCUT2D eigenvalue weighted by molar-refractivity contribution is 7.80. The lowest BCUT2D eigenvalue weighted by atomic mass is 10.1. The average molecular weight is 422 g/mol. The molecule has 0 radical (unpaired) electrons.